The molecule has 1 aromatic heterocycles. The molecule has 0 saturated heterocycles. The Kier molecular flexibility index (Phi) is 5.13. The van der Waals surface area contributed by atoms with Crippen LogP contribution in [0.25, 0.3) is 0 Å². The van der Waals surface area contributed by atoms with Gasteiger partial charge in [-0.25, -0.2) is 4.98 Å². The summed E-state index contributed by atoms with van der Waals surface area (Å²) >= 11 is 5.90. The van der Waals surface area contributed by atoms with Crippen molar-refractivity contribution in [2.45, 2.75) is 38.1 Å². The van der Waals surface area contributed by atoms with E-state index in [4.69, 9.17) is 11.6 Å². The van der Waals surface area contributed by atoms with Crippen molar-refractivity contribution in [3.63, 3.8) is 0 Å². The Morgan fingerprint density at radius 2 is 1.96 bits per heavy atom. The van der Waals surface area contributed by atoms with Crippen molar-refractivity contribution < 1.29 is 4.79 Å². The molecule has 1 fully saturated rings. The van der Waals surface area contributed by atoms with Gasteiger partial charge >= 0.3 is 0 Å². The highest BCUT2D eigenvalue weighted by molar-refractivity contribution is 6.31. The van der Waals surface area contributed by atoms with E-state index in [0.29, 0.717) is 22.4 Å². The highest BCUT2D eigenvalue weighted by atomic mass is 35.5. The van der Waals surface area contributed by atoms with Crippen molar-refractivity contribution in [1.82, 2.24) is 4.98 Å². The van der Waals surface area contributed by atoms with Crippen molar-refractivity contribution in [2.24, 2.45) is 0 Å². The Labute approximate surface area is 141 Å². The van der Waals surface area contributed by atoms with E-state index in [2.05, 4.69) is 15.6 Å². The molecule has 1 aliphatic rings. The molecule has 0 radical (unpaired) electrons. The van der Waals surface area contributed by atoms with Gasteiger partial charge in [-0.2, -0.15) is 0 Å². The predicted octanol–water partition coefficient (Wildman–Crippen LogP) is 4.73. The van der Waals surface area contributed by atoms with Crippen molar-refractivity contribution in [3.05, 3.63) is 53.2 Å². The van der Waals surface area contributed by atoms with Crippen LogP contribution in [0.4, 0.5) is 11.5 Å². The number of rotatable bonds is 4. The molecule has 0 aliphatic heterocycles. The molecule has 1 aliphatic carbocycles. The number of aromatic nitrogens is 1. The van der Waals surface area contributed by atoms with Gasteiger partial charge in [0.1, 0.15) is 5.82 Å². The van der Waals surface area contributed by atoms with E-state index in [9.17, 15) is 4.79 Å². The molecule has 23 heavy (non-hydrogen) atoms. The molecule has 2 N–H and O–H groups in total. The molecule has 4 nitrogen and oxygen atoms in total. The summed E-state index contributed by atoms with van der Waals surface area (Å²) in [5, 5.41) is 6.83. The average molecular weight is 330 g/mol. The van der Waals surface area contributed by atoms with Crippen molar-refractivity contribution >= 4 is 29.0 Å². The van der Waals surface area contributed by atoms with E-state index in [0.717, 1.165) is 5.69 Å². The summed E-state index contributed by atoms with van der Waals surface area (Å²) < 4.78 is 0. The smallest absolute Gasteiger partial charge is 0.256 e. The summed E-state index contributed by atoms with van der Waals surface area (Å²) in [4.78, 5) is 16.4. The normalized spacial score (nSPS) is 15.2. The van der Waals surface area contributed by atoms with E-state index < -0.39 is 0 Å². The number of carbonyl (C=O) groups excluding carboxylic acids is 1. The summed E-state index contributed by atoms with van der Waals surface area (Å²) in [5.74, 6) is 0.317. The topological polar surface area (TPSA) is 54.0 Å². The van der Waals surface area contributed by atoms with Crippen LogP contribution in [-0.2, 0) is 0 Å². The average Bonchev–Trinajstić information content (AvgIpc) is 2.57. The number of halogens is 1. The Balaban J connectivity index is 1.59. The third kappa shape index (κ3) is 4.45. The van der Waals surface area contributed by atoms with E-state index in [1.54, 1.807) is 30.5 Å². The van der Waals surface area contributed by atoms with Crippen LogP contribution in [0.2, 0.25) is 5.02 Å². The maximum atomic E-state index is 12.1. The highest BCUT2D eigenvalue weighted by Gasteiger charge is 2.13. The number of anilines is 2. The molecule has 0 bridgehead atoms. The monoisotopic (exact) mass is 329 g/mol. The zero-order valence-electron chi connectivity index (χ0n) is 12.9. The Morgan fingerprint density at radius 3 is 2.65 bits per heavy atom. The number of carbonyl (C=O) groups is 1. The first-order chi connectivity index (χ1) is 11.2. The van der Waals surface area contributed by atoms with Gasteiger partial charge in [0.25, 0.3) is 5.91 Å². The SMILES string of the molecule is O=C(Nc1ccc(NC2CCCCC2)cn1)c1cccc(Cl)c1. The highest BCUT2D eigenvalue weighted by Crippen LogP contribution is 2.22. The summed E-state index contributed by atoms with van der Waals surface area (Å²) in [5.41, 5.74) is 1.52. The Hall–Kier alpha value is -2.07. The maximum Gasteiger partial charge on any atom is 0.256 e. The molecule has 5 heteroatoms. The molecule has 120 valence electrons. The van der Waals surface area contributed by atoms with Gasteiger partial charge in [0.15, 0.2) is 0 Å². The minimum atomic E-state index is -0.215. The number of hydrogen-bond acceptors (Lipinski definition) is 3. The third-order valence-corrected chi connectivity index (χ3v) is 4.30. The van der Waals surface area contributed by atoms with Crippen LogP contribution < -0.4 is 10.6 Å². The largest absolute Gasteiger partial charge is 0.381 e. The Morgan fingerprint density at radius 1 is 1.13 bits per heavy atom. The fourth-order valence-corrected chi connectivity index (χ4v) is 3.04. The van der Waals surface area contributed by atoms with Crippen molar-refractivity contribution in [2.75, 3.05) is 10.6 Å². The van der Waals surface area contributed by atoms with Crippen LogP contribution in [0, 0.1) is 0 Å². The van der Waals surface area contributed by atoms with Gasteiger partial charge in [0, 0.05) is 16.6 Å². The lowest BCUT2D eigenvalue weighted by atomic mass is 9.95. The number of hydrogen-bond donors (Lipinski definition) is 2. The second-order valence-corrected chi connectivity index (χ2v) is 6.31. The molecule has 1 heterocycles. The number of nitrogens with zero attached hydrogens (tertiary/aromatic N) is 1. The van der Waals surface area contributed by atoms with E-state index in [1.807, 2.05) is 12.1 Å². The van der Waals surface area contributed by atoms with Crippen LogP contribution in [0.3, 0.4) is 0 Å². The molecule has 0 spiro atoms. The van der Waals surface area contributed by atoms with Gasteiger partial charge in [0.2, 0.25) is 0 Å². The summed E-state index contributed by atoms with van der Waals surface area (Å²) in [6, 6.07) is 11.2. The Bertz CT molecular complexity index is 666. The minimum absolute atomic E-state index is 0.215. The van der Waals surface area contributed by atoms with Crippen molar-refractivity contribution in [3.8, 4) is 0 Å². The first-order valence-electron chi connectivity index (χ1n) is 8.00. The molecule has 0 unspecified atom stereocenters. The molecular formula is C18H20ClN3O. The maximum absolute atomic E-state index is 12.1. The summed E-state index contributed by atoms with van der Waals surface area (Å²) in [7, 11) is 0. The van der Waals surface area contributed by atoms with Crippen LogP contribution in [0.15, 0.2) is 42.6 Å². The fraction of sp³-hybridized carbons (Fsp3) is 0.333. The zero-order chi connectivity index (χ0) is 16.1. The third-order valence-electron chi connectivity index (χ3n) is 4.07. The van der Waals surface area contributed by atoms with Crippen LogP contribution >= 0.6 is 11.6 Å². The standard InChI is InChI=1S/C18H20ClN3O/c19-14-6-4-5-13(11-14)18(23)22-17-10-9-16(12-20-17)21-15-7-2-1-3-8-15/h4-6,9-12,15,21H,1-3,7-8H2,(H,20,22,23). The summed E-state index contributed by atoms with van der Waals surface area (Å²) in [6.45, 7) is 0. The second kappa shape index (κ2) is 7.47. The lowest BCUT2D eigenvalue weighted by Gasteiger charge is -2.23. The van der Waals surface area contributed by atoms with Crippen LogP contribution in [0.5, 0.6) is 0 Å². The first-order valence-corrected chi connectivity index (χ1v) is 8.38. The number of pyridine rings is 1. The van der Waals surface area contributed by atoms with Crippen LogP contribution in [-0.4, -0.2) is 16.9 Å². The molecule has 2 aromatic rings. The first kappa shape index (κ1) is 15.8. The quantitative estimate of drug-likeness (QED) is 0.852. The molecule has 1 amide bonds. The molecule has 3 rings (SSSR count). The predicted molar refractivity (Wildman–Crippen MR) is 94.1 cm³/mol. The van der Waals surface area contributed by atoms with Gasteiger partial charge in [-0.15, -0.1) is 0 Å². The van der Waals surface area contributed by atoms with E-state index in [-0.39, 0.29) is 5.91 Å². The molecular weight excluding hydrogens is 310 g/mol. The van der Waals surface area contributed by atoms with E-state index in [1.165, 1.54) is 32.1 Å². The fourth-order valence-electron chi connectivity index (χ4n) is 2.85. The molecule has 1 saturated carbocycles. The molecule has 1 aromatic carbocycles. The zero-order valence-corrected chi connectivity index (χ0v) is 13.6. The lowest BCUT2D eigenvalue weighted by molar-refractivity contribution is 0.102. The van der Waals surface area contributed by atoms with E-state index >= 15 is 0 Å². The lowest BCUT2D eigenvalue weighted by Crippen LogP contribution is -2.22. The van der Waals surface area contributed by atoms with Gasteiger partial charge in [0.05, 0.1) is 11.9 Å². The number of nitrogens with one attached hydrogen (secondary N) is 2. The van der Waals surface area contributed by atoms with Gasteiger partial charge in [-0.1, -0.05) is 36.9 Å². The second-order valence-electron chi connectivity index (χ2n) is 5.88. The summed E-state index contributed by atoms with van der Waals surface area (Å²) in [6.07, 6.45) is 8.12. The number of benzene rings is 1. The minimum Gasteiger partial charge on any atom is -0.381 e. The van der Waals surface area contributed by atoms with Gasteiger partial charge in [-0.05, 0) is 43.2 Å². The molecule has 0 atom stereocenters. The van der Waals surface area contributed by atoms with Crippen LogP contribution in [0.1, 0.15) is 42.5 Å². The van der Waals surface area contributed by atoms with Gasteiger partial charge < -0.3 is 10.6 Å². The van der Waals surface area contributed by atoms with Gasteiger partial charge in [-0.3, -0.25) is 4.79 Å². The number of amides is 1. The van der Waals surface area contributed by atoms with Crippen molar-refractivity contribution in [1.29, 1.82) is 0 Å².